The van der Waals surface area contributed by atoms with Crippen LogP contribution in [0.4, 0.5) is 4.39 Å². The van der Waals surface area contributed by atoms with Gasteiger partial charge in [0, 0.05) is 26.4 Å². The maximum absolute atomic E-state index is 13.6. The molecule has 0 atom stereocenters. The van der Waals surface area contributed by atoms with Crippen LogP contribution >= 0.6 is 34.2 Å². The summed E-state index contributed by atoms with van der Waals surface area (Å²) in [5.41, 5.74) is 0.290. The van der Waals surface area contributed by atoms with Crippen LogP contribution in [-0.2, 0) is 6.54 Å². The molecule has 1 aromatic carbocycles. The Bertz CT molecular complexity index is 612. The molecule has 0 fully saturated rings. The van der Waals surface area contributed by atoms with Gasteiger partial charge in [-0.3, -0.25) is 4.79 Å². The Labute approximate surface area is 116 Å². The third kappa shape index (κ3) is 3.07. The molecule has 0 aliphatic heterocycles. The quantitative estimate of drug-likeness (QED) is 0.751. The third-order valence-electron chi connectivity index (χ3n) is 2.30. The SMILES string of the molecule is O=c1ccc(I)cn1Cc1ccc(Cl)cc1F. The van der Waals surface area contributed by atoms with Gasteiger partial charge in [0.15, 0.2) is 0 Å². The van der Waals surface area contributed by atoms with Crippen LogP contribution in [0.2, 0.25) is 5.02 Å². The number of nitrogens with zero attached hydrogens (tertiary/aromatic N) is 1. The van der Waals surface area contributed by atoms with E-state index in [-0.39, 0.29) is 12.1 Å². The molecule has 1 aromatic heterocycles. The number of pyridine rings is 1. The van der Waals surface area contributed by atoms with Crippen LogP contribution in [0.1, 0.15) is 5.56 Å². The minimum atomic E-state index is -0.400. The van der Waals surface area contributed by atoms with Gasteiger partial charge in [0.05, 0.1) is 6.54 Å². The smallest absolute Gasteiger partial charge is 0.250 e. The predicted molar refractivity (Wildman–Crippen MR) is 73.9 cm³/mol. The van der Waals surface area contributed by atoms with Gasteiger partial charge in [-0.1, -0.05) is 17.7 Å². The van der Waals surface area contributed by atoms with E-state index >= 15 is 0 Å². The highest BCUT2D eigenvalue weighted by molar-refractivity contribution is 14.1. The Morgan fingerprint density at radius 3 is 2.76 bits per heavy atom. The van der Waals surface area contributed by atoms with E-state index in [9.17, 15) is 9.18 Å². The van der Waals surface area contributed by atoms with Gasteiger partial charge in [-0.05, 0) is 40.8 Å². The van der Waals surface area contributed by atoms with Gasteiger partial charge < -0.3 is 4.57 Å². The third-order valence-corrected chi connectivity index (χ3v) is 3.18. The van der Waals surface area contributed by atoms with Gasteiger partial charge in [-0.15, -0.1) is 0 Å². The summed E-state index contributed by atoms with van der Waals surface area (Å²) in [5, 5.41) is 0.348. The van der Waals surface area contributed by atoms with E-state index in [1.807, 2.05) is 0 Å². The largest absolute Gasteiger partial charge is 0.310 e. The second-order valence-corrected chi connectivity index (χ2v) is 5.23. The van der Waals surface area contributed by atoms with Crippen LogP contribution in [0.5, 0.6) is 0 Å². The molecule has 1 heterocycles. The van der Waals surface area contributed by atoms with Crippen molar-refractivity contribution in [3.05, 3.63) is 66.9 Å². The predicted octanol–water partition coefficient (Wildman–Crippen LogP) is 3.29. The molecular weight excluding hydrogens is 355 g/mol. The first-order chi connectivity index (χ1) is 8.06. The Morgan fingerprint density at radius 2 is 2.06 bits per heavy atom. The molecule has 0 saturated heterocycles. The highest BCUT2D eigenvalue weighted by Gasteiger charge is 2.05. The van der Waals surface area contributed by atoms with Crippen molar-refractivity contribution in [3.63, 3.8) is 0 Å². The molecule has 17 heavy (non-hydrogen) atoms. The van der Waals surface area contributed by atoms with E-state index in [2.05, 4.69) is 22.6 Å². The molecule has 5 heteroatoms. The van der Waals surface area contributed by atoms with Crippen molar-refractivity contribution in [3.8, 4) is 0 Å². The first-order valence-corrected chi connectivity index (χ1v) is 6.32. The van der Waals surface area contributed by atoms with Crippen LogP contribution in [0.25, 0.3) is 0 Å². The minimum Gasteiger partial charge on any atom is -0.310 e. The van der Waals surface area contributed by atoms with E-state index in [4.69, 9.17) is 11.6 Å². The van der Waals surface area contributed by atoms with Gasteiger partial charge in [0.25, 0.3) is 5.56 Å². The van der Waals surface area contributed by atoms with E-state index in [0.717, 1.165) is 3.57 Å². The fourth-order valence-electron chi connectivity index (χ4n) is 1.46. The van der Waals surface area contributed by atoms with Crippen molar-refractivity contribution in [1.82, 2.24) is 4.57 Å². The fraction of sp³-hybridized carbons (Fsp3) is 0.0833. The van der Waals surface area contributed by atoms with E-state index in [1.54, 1.807) is 24.4 Å². The first-order valence-electron chi connectivity index (χ1n) is 4.86. The Morgan fingerprint density at radius 1 is 1.29 bits per heavy atom. The van der Waals surface area contributed by atoms with E-state index in [0.29, 0.717) is 10.6 Å². The van der Waals surface area contributed by atoms with Crippen molar-refractivity contribution in [2.24, 2.45) is 0 Å². The van der Waals surface area contributed by atoms with Crippen molar-refractivity contribution >= 4 is 34.2 Å². The topological polar surface area (TPSA) is 22.0 Å². The van der Waals surface area contributed by atoms with Crippen molar-refractivity contribution in [2.75, 3.05) is 0 Å². The maximum atomic E-state index is 13.6. The highest BCUT2D eigenvalue weighted by atomic mass is 127. The molecular formula is C12H8ClFINO. The molecule has 2 rings (SSSR count). The summed E-state index contributed by atoms with van der Waals surface area (Å²) in [5.74, 6) is -0.400. The normalized spacial score (nSPS) is 10.5. The van der Waals surface area contributed by atoms with Crippen molar-refractivity contribution in [2.45, 2.75) is 6.54 Å². The summed E-state index contributed by atoms with van der Waals surface area (Å²) in [7, 11) is 0. The Kier molecular flexibility index (Phi) is 3.83. The van der Waals surface area contributed by atoms with Gasteiger partial charge in [-0.25, -0.2) is 4.39 Å². The molecule has 0 aliphatic carbocycles. The fourth-order valence-corrected chi connectivity index (χ4v) is 2.13. The summed E-state index contributed by atoms with van der Waals surface area (Å²) in [4.78, 5) is 11.6. The molecule has 88 valence electrons. The zero-order valence-corrected chi connectivity index (χ0v) is 11.6. The van der Waals surface area contributed by atoms with Gasteiger partial charge in [-0.2, -0.15) is 0 Å². The average Bonchev–Trinajstić information content (AvgIpc) is 2.27. The molecule has 0 spiro atoms. The monoisotopic (exact) mass is 363 g/mol. The lowest BCUT2D eigenvalue weighted by molar-refractivity contribution is 0.596. The number of halogens is 3. The van der Waals surface area contributed by atoms with Crippen molar-refractivity contribution in [1.29, 1.82) is 0 Å². The first kappa shape index (κ1) is 12.6. The van der Waals surface area contributed by atoms with Crippen LogP contribution in [0.15, 0.2) is 41.3 Å². The summed E-state index contributed by atoms with van der Waals surface area (Å²) in [6, 6.07) is 7.63. The van der Waals surface area contributed by atoms with Crippen LogP contribution in [-0.4, -0.2) is 4.57 Å². The molecule has 2 nitrogen and oxygen atoms in total. The van der Waals surface area contributed by atoms with Crippen LogP contribution in [0, 0.1) is 9.39 Å². The second-order valence-electron chi connectivity index (χ2n) is 3.55. The zero-order valence-electron chi connectivity index (χ0n) is 8.66. The standard InChI is InChI=1S/C12H8ClFINO/c13-9-2-1-8(11(14)5-9)6-16-7-10(15)3-4-12(16)17/h1-5,7H,6H2. The molecule has 0 bridgehead atoms. The van der Waals surface area contributed by atoms with E-state index in [1.165, 1.54) is 16.7 Å². The van der Waals surface area contributed by atoms with E-state index < -0.39 is 5.82 Å². The summed E-state index contributed by atoms with van der Waals surface area (Å²) in [6.07, 6.45) is 1.69. The highest BCUT2D eigenvalue weighted by Crippen LogP contribution is 2.15. The Balaban J connectivity index is 2.38. The lowest BCUT2D eigenvalue weighted by Crippen LogP contribution is -2.19. The zero-order chi connectivity index (χ0) is 12.4. The number of hydrogen-bond acceptors (Lipinski definition) is 1. The Hall–Kier alpha value is -0.880. The molecule has 0 N–H and O–H groups in total. The second kappa shape index (κ2) is 5.18. The molecule has 0 unspecified atom stereocenters. The van der Waals surface area contributed by atoms with Gasteiger partial charge >= 0.3 is 0 Å². The molecule has 2 aromatic rings. The summed E-state index contributed by atoms with van der Waals surface area (Å²) >= 11 is 7.77. The molecule has 0 radical (unpaired) electrons. The van der Waals surface area contributed by atoms with Gasteiger partial charge in [0.1, 0.15) is 5.82 Å². The van der Waals surface area contributed by atoms with Crippen LogP contribution < -0.4 is 5.56 Å². The molecule has 0 amide bonds. The van der Waals surface area contributed by atoms with Crippen molar-refractivity contribution < 1.29 is 4.39 Å². The number of rotatable bonds is 2. The summed E-state index contributed by atoms with van der Waals surface area (Å²) in [6.45, 7) is 0.207. The molecule has 0 saturated carbocycles. The lowest BCUT2D eigenvalue weighted by atomic mass is 10.2. The van der Waals surface area contributed by atoms with Gasteiger partial charge in [0.2, 0.25) is 0 Å². The maximum Gasteiger partial charge on any atom is 0.250 e. The number of benzene rings is 1. The lowest BCUT2D eigenvalue weighted by Gasteiger charge is -2.07. The average molecular weight is 364 g/mol. The number of hydrogen-bond donors (Lipinski definition) is 0. The van der Waals surface area contributed by atoms with Crippen LogP contribution in [0.3, 0.4) is 0 Å². The minimum absolute atomic E-state index is 0.153. The molecule has 0 aliphatic rings. The summed E-state index contributed by atoms with van der Waals surface area (Å²) < 4.78 is 16.0. The number of aromatic nitrogens is 1.